The van der Waals surface area contributed by atoms with Crippen LogP contribution in [0.1, 0.15) is 35.8 Å². The Labute approximate surface area is 135 Å². The van der Waals surface area contributed by atoms with Gasteiger partial charge in [-0.05, 0) is 32.8 Å². The Morgan fingerprint density at radius 1 is 1.26 bits per heavy atom. The number of benzene rings is 1. The standard InChI is InChI=1S/C17H21N3O3/c1-10-6-5-7-20(10)16-11(2)18-14-9-15(22-3)12(17(21)23-4)8-13(14)19-16/h8-10H,5-7H2,1-4H3/t10-/m0/s1. The number of fused-ring (bicyclic) bond motifs is 1. The SMILES string of the molecule is COC(=O)c1cc2nc(N3CCC[C@@H]3C)c(C)nc2cc1OC. The third kappa shape index (κ3) is 2.69. The zero-order valence-electron chi connectivity index (χ0n) is 13.9. The first kappa shape index (κ1) is 15.5. The summed E-state index contributed by atoms with van der Waals surface area (Å²) in [6.07, 6.45) is 2.32. The van der Waals surface area contributed by atoms with Gasteiger partial charge in [-0.1, -0.05) is 0 Å². The molecule has 0 radical (unpaired) electrons. The molecule has 0 spiro atoms. The topological polar surface area (TPSA) is 64.5 Å². The molecular weight excluding hydrogens is 294 g/mol. The maximum absolute atomic E-state index is 11.9. The third-order valence-corrected chi connectivity index (χ3v) is 4.37. The van der Waals surface area contributed by atoms with Crippen molar-refractivity contribution in [2.45, 2.75) is 32.7 Å². The van der Waals surface area contributed by atoms with Gasteiger partial charge in [0.15, 0.2) is 5.82 Å². The zero-order chi connectivity index (χ0) is 16.6. The molecule has 3 rings (SSSR count). The monoisotopic (exact) mass is 315 g/mol. The maximum Gasteiger partial charge on any atom is 0.341 e. The van der Waals surface area contributed by atoms with Crippen LogP contribution in [0.2, 0.25) is 0 Å². The quantitative estimate of drug-likeness (QED) is 0.812. The van der Waals surface area contributed by atoms with Gasteiger partial charge < -0.3 is 14.4 Å². The Hall–Kier alpha value is -2.37. The van der Waals surface area contributed by atoms with Crippen LogP contribution in [-0.2, 0) is 4.74 Å². The molecule has 2 heterocycles. The van der Waals surface area contributed by atoms with Crippen LogP contribution in [0.15, 0.2) is 12.1 Å². The minimum absolute atomic E-state index is 0.362. The lowest BCUT2D eigenvalue weighted by molar-refractivity contribution is 0.0597. The van der Waals surface area contributed by atoms with Gasteiger partial charge in [-0.15, -0.1) is 0 Å². The van der Waals surface area contributed by atoms with Crippen molar-refractivity contribution in [3.8, 4) is 5.75 Å². The number of ether oxygens (including phenoxy) is 2. The lowest BCUT2D eigenvalue weighted by Crippen LogP contribution is -2.28. The fourth-order valence-corrected chi connectivity index (χ4v) is 3.12. The number of anilines is 1. The number of rotatable bonds is 3. The van der Waals surface area contributed by atoms with Gasteiger partial charge in [-0.3, -0.25) is 0 Å². The minimum Gasteiger partial charge on any atom is -0.496 e. The summed E-state index contributed by atoms with van der Waals surface area (Å²) < 4.78 is 10.1. The van der Waals surface area contributed by atoms with Crippen LogP contribution in [0.5, 0.6) is 5.75 Å². The number of nitrogens with zero attached hydrogens (tertiary/aromatic N) is 3. The van der Waals surface area contributed by atoms with Gasteiger partial charge in [0, 0.05) is 18.7 Å². The third-order valence-electron chi connectivity index (χ3n) is 4.37. The van der Waals surface area contributed by atoms with Crippen molar-refractivity contribution in [2.24, 2.45) is 0 Å². The second-order valence-electron chi connectivity index (χ2n) is 5.85. The lowest BCUT2D eigenvalue weighted by Gasteiger charge is -2.24. The molecule has 0 bridgehead atoms. The molecule has 0 saturated carbocycles. The predicted octanol–water partition coefficient (Wildman–Crippen LogP) is 2.72. The molecule has 0 amide bonds. The summed E-state index contributed by atoms with van der Waals surface area (Å²) in [7, 11) is 2.87. The van der Waals surface area contributed by atoms with Crippen molar-refractivity contribution >= 4 is 22.8 Å². The van der Waals surface area contributed by atoms with Gasteiger partial charge in [-0.2, -0.15) is 0 Å². The number of aryl methyl sites for hydroxylation is 1. The first-order valence-corrected chi connectivity index (χ1v) is 7.76. The Bertz CT molecular complexity index is 760. The largest absolute Gasteiger partial charge is 0.496 e. The number of carbonyl (C=O) groups excluding carboxylic acids is 1. The van der Waals surface area contributed by atoms with E-state index in [1.165, 1.54) is 14.2 Å². The van der Waals surface area contributed by atoms with E-state index in [0.717, 1.165) is 30.9 Å². The van der Waals surface area contributed by atoms with Gasteiger partial charge in [0.1, 0.15) is 11.3 Å². The molecule has 1 aliphatic rings. The molecule has 1 aliphatic heterocycles. The molecule has 122 valence electrons. The van der Waals surface area contributed by atoms with Crippen LogP contribution in [0, 0.1) is 6.92 Å². The van der Waals surface area contributed by atoms with Crippen molar-refractivity contribution in [1.82, 2.24) is 9.97 Å². The van der Waals surface area contributed by atoms with Crippen LogP contribution in [-0.4, -0.2) is 42.7 Å². The molecular formula is C17H21N3O3. The van der Waals surface area contributed by atoms with E-state index >= 15 is 0 Å². The second kappa shape index (κ2) is 6.02. The molecule has 0 aliphatic carbocycles. The summed E-state index contributed by atoms with van der Waals surface area (Å²) >= 11 is 0. The van der Waals surface area contributed by atoms with Crippen LogP contribution >= 0.6 is 0 Å². The average Bonchev–Trinajstić information content (AvgIpc) is 2.98. The van der Waals surface area contributed by atoms with Gasteiger partial charge in [0.2, 0.25) is 0 Å². The predicted molar refractivity (Wildman–Crippen MR) is 88.2 cm³/mol. The highest BCUT2D eigenvalue weighted by Gasteiger charge is 2.24. The number of methoxy groups -OCH3 is 2. The van der Waals surface area contributed by atoms with E-state index in [2.05, 4.69) is 16.8 Å². The average molecular weight is 315 g/mol. The van der Waals surface area contributed by atoms with Crippen LogP contribution in [0.25, 0.3) is 11.0 Å². The molecule has 23 heavy (non-hydrogen) atoms. The highest BCUT2D eigenvalue weighted by Crippen LogP contribution is 2.30. The van der Waals surface area contributed by atoms with E-state index in [9.17, 15) is 4.79 Å². The van der Waals surface area contributed by atoms with Crippen LogP contribution in [0.4, 0.5) is 5.82 Å². The van der Waals surface area contributed by atoms with Crippen LogP contribution < -0.4 is 9.64 Å². The van der Waals surface area contributed by atoms with Gasteiger partial charge in [0.25, 0.3) is 0 Å². The van der Waals surface area contributed by atoms with Gasteiger partial charge >= 0.3 is 5.97 Å². The van der Waals surface area contributed by atoms with Crippen molar-refractivity contribution in [3.63, 3.8) is 0 Å². The summed E-state index contributed by atoms with van der Waals surface area (Å²) in [6, 6.07) is 3.88. The molecule has 1 saturated heterocycles. The lowest BCUT2D eigenvalue weighted by atomic mass is 10.1. The zero-order valence-corrected chi connectivity index (χ0v) is 13.9. The van der Waals surface area contributed by atoms with E-state index in [1.807, 2.05) is 6.92 Å². The van der Waals surface area contributed by atoms with E-state index in [1.54, 1.807) is 12.1 Å². The molecule has 6 nitrogen and oxygen atoms in total. The summed E-state index contributed by atoms with van der Waals surface area (Å²) in [6.45, 7) is 5.15. The second-order valence-corrected chi connectivity index (χ2v) is 5.85. The number of hydrogen-bond donors (Lipinski definition) is 0. The van der Waals surface area contributed by atoms with Gasteiger partial charge in [0.05, 0.1) is 30.9 Å². The van der Waals surface area contributed by atoms with E-state index in [-0.39, 0.29) is 0 Å². The van der Waals surface area contributed by atoms with Crippen molar-refractivity contribution < 1.29 is 14.3 Å². The number of hydrogen-bond acceptors (Lipinski definition) is 6. The molecule has 2 aromatic rings. The van der Waals surface area contributed by atoms with E-state index in [4.69, 9.17) is 14.5 Å². The number of carbonyl (C=O) groups is 1. The molecule has 6 heteroatoms. The molecule has 1 aromatic heterocycles. The maximum atomic E-state index is 11.9. The number of esters is 1. The summed E-state index contributed by atoms with van der Waals surface area (Å²) in [5, 5.41) is 0. The highest BCUT2D eigenvalue weighted by molar-refractivity contribution is 5.97. The number of aromatic nitrogens is 2. The Balaban J connectivity index is 2.15. The van der Waals surface area contributed by atoms with Crippen LogP contribution in [0.3, 0.4) is 0 Å². The normalized spacial score (nSPS) is 17.6. The van der Waals surface area contributed by atoms with Crippen molar-refractivity contribution in [1.29, 1.82) is 0 Å². The summed E-state index contributed by atoms with van der Waals surface area (Å²) in [5.41, 5.74) is 2.63. The Morgan fingerprint density at radius 3 is 2.61 bits per heavy atom. The van der Waals surface area contributed by atoms with E-state index in [0.29, 0.717) is 28.4 Å². The molecule has 1 aromatic carbocycles. The fourth-order valence-electron chi connectivity index (χ4n) is 3.12. The summed E-state index contributed by atoms with van der Waals surface area (Å²) in [5.74, 6) is 0.894. The highest BCUT2D eigenvalue weighted by atomic mass is 16.5. The first-order chi connectivity index (χ1) is 11.0. The molecule has 1 atom stereocenters. The smallest absolute Gasteiger partial charge is 0.341 e. The van der Waals surface area contributed by atoms with E-state index < -0.39 is 5.97 Å². The first-order valence-electron chi connectivity index (χ1n) is 7.76. The molecule has 0 N–H and O–H groups in total. The Morgan fingerprint density at radius 2 is 2.00 bits per heavy atom. The van der Waals surface area contributed by atoms with Crippen molar-refractivity contribution in [3.05, 3.63) is 23.4 Å². The Kier molecular flexibility index (Phi) is 4.07. The van der Waals surface area contributed by atoms with Gasteiger partial charge in [-0.25, -0.2) is 14.8 Å². The fraction of sp³-hybridized carbons (Fsp3) is 0.471. The minimum atomic E-state index is -0.442. The molecule has 1 fully saturated rings. The van der Waals surface area contributed by atoms with Crippen molar-refractivity contribution in [2.75, 3.05) is 25.7 Å². The summed E-state index contributed by atoms with van der Waals surface area (Å²) in [4.78, 5) is 23.6. The molecule has 0 unspecified atom stereocenters.